The van der Waals surface area contributed by atoms with Gasteiger partial charge in [0.05, 0.1) is 6.33 Å². The van der Waals surface area contributed by atoms with Crippen LogP contribution in [0.15, 0.2) is 36.8 Å². The van der Waals surface area contributed by atoms with Gasteiger partial charge < -0.3 is 4.57 Å². The highest BCUT2D eigenvalue weighted by Crippen LogP contribution is 2.14. The number of nitrogens with zero attached hydrogens (tertiary/aromatic N) is 2. The number of para-hydroxylation sites is 1. The molecule has 1 aromatic carbocycles. The van der Waals surface area contributed by atoms with Crippen molar-refractivity contribution in [3.05, 3.63) is 48.0 Å². The number of aryl methyl sites for hydroxylation is 2. The third-order valence-electron chi connectivity index (χ3n) is 2.20. The quantitative estimate of drug-likeness (QED) is 0.646. The van der Waals surface area contributed by atoms with E-state index in [-0.39, 0.29) is 0 Å². The van der Waals surface area contributed by atoms with Gasteiger partial charge in [-0.2, -0.15) is 0 Å². The summed E-state index contributed by atoms with van der Waals surface area (Å²) in [6, 6.07) is 8.30. The Balaban J connectivity index is 2.59. The van der Waals surface area contributed by atoms with Gasteiger partial charge in [0.15, 0.2) is 0 Å². The molecule has 0 atom stereocenters. The molecular weight excluding hydrogens is 160 g/mol. The second-order valence-electron chi connectivity index (χ2n) is 3.19. The molecule has 0 aliphatic heterocycles. The Kier molecular flexibility index (Phi) is 1.89. The van der Waals surface area contributed by atoms with Crippen LogP contribution < -0.4 is 0 Å². The minimum Gasteiger partial charge on any atom is -0.303 e. The summed E-state index contributed by atoms with van der Waals surface area (Å²) in [7, 11) is 0. The molecule has 0 saturated carbocycles. The van der Waals surface area contributed by atoms with Crippen LogP contribution in [0.1, 0.15) is 11.3 Å². The maximum atomic E-state index is 4.10. The maximum Gasteiger partial charge on any atom is 0.0994 e. The van der Waals surface area contributed by atoms with E-state index in [1.807, 2.05) is 24.7 Å². The Labute approximate surface area is 77.9 Å². The molecule has 0 fully saturated rings. The Morgan fingerprint density at radius 3 is 2.54 bits per heavy atom. The predicted molar refractivity (Wildman–Crippen MR) is 53.0 cm³/mol. The van der Waals surface area contributed by atoms with Crippen LogP contribution in [0.5, 0.6) is 0 Å². The lowest BCUT2D eigenvalue weighted by atomic mass is 10.2. The maximum absolute atomic E-state index is 4.10. The van der Waals surface area contributed by atoms with Crippen molar-refractivity contribution < 1.29 is 0 Å². The predicted octanol–water partition coefficient (Wildman–Crippen LogP) is 2.49. The molecule has 0 spiro atoms. The van der Waals surface area contributed by atoms with Crippen molar-refractivity contribution in [1.82, 2.24) is 9.55 Å². The van der Waals surface area contributed by atoms with Crippen molar-refractivity contribution in [3.63, 3.8) is 0 Å². The van der Waals surface area contributed by atoms with Crippen molar-refractivity contribution in [2.75, 3.05) is 0 Å². The normalized spacial score (nSPS) is 10.3. The molecule has 2 heteroatoms. The van der Waals surface area contributed by atoms with Crippen molar-refractivity contribution in [2.45, 2.75) is 13.8 Å². The molecule has 1 heterocycles. The molecule has 0 bridgehead atoms. The van der Waals surface area contributed by atoms with E-state index in [9.17, 15) is 0 Å². The van der Waals surface area contributed by atoms with Crippen LogP contribution in [0, 0.1) is 13.8 Å². The molecule has 66 valence electrons. The van der Waals surface area contributed by atoms with E-state index >= 15 is 0 Å². The van der Waals surface area contributed by atoms with Gasteiger partial charge in [-0.15, -0.1) is 0 Å². The lowest BCUT2D eigenvalue weighted by Gasteiger charge is -2.07. The zero-order chi connectivity index (χ0) is 9.26. The van der Waals surface area contributed by atoms with Crippen LogP contribution in [-0.2, 0) is 0 Å². The summed E-state index contributed by atoms with van der Waals surface area (Å²) in [5.74, 6) is 0. The lowest BCUT2D eigenvalue weighted by molar-refractivity contribution is 0.992. The molecule has 0 unspecified atom stereocenters. The first-order valence-corrected chi connectivity index (χ1v) is 4.34. The van der Waals surface area contributed by atoms with Gasteiger partial charge in [-0.3, -0.25) is 0 Å². The summed E-state index contributed by atoms with van der Waals surface area (Å²) in [5.41, 5.74) is 3.63. The van der Waals surface area contributed by atoms with Gasteiger partial charge >= 0.3 is 0 Å². The van der Waals surface area contributed by atoms with E-state index in [0.29, 0.717) is 0 Å². The SMILES string of the molecule is Cc1ccccc1-n1cncc1C. The standard InChI is InChI=1S/C11H12N2/c1-9-5-3-4-6-11(9)13-8-12-7-10(13)2/h3-8H,1-2H3. The number of benzene rings is 1. The fourth-order valence-electron chi connectivity index (χ4n) is 1.45. The fraction of sp³-hybridized carbons (Fsp3) is 0.182. The molecule has 0 aliphatic carbocycles. The summed E-state index contributed by atoms with van der Waals surface area (Å²) in [6.07, 6.45) is 3.71. The van der Waals surface area contributed by atoms with E-state index in [1.54, 1.807) is 0 Å². The van der Waals surface area contributed by atoms with Crippen molar-refractivity contribution in [2.24, 2.45) is 0 Å². The first kappa shape index (κ1) is 8.05. The Morgan fingerprint density at radius 2 is 1.92 bits per heavy atom. The Hall–Kier alpha value is -1.57. The van der Waals surface area contributed by atoms with Gasteiger partial charge in [0.25, 0.3) is 0 Å². The average molecular weight is 172 g/mol. The van der Waals surface area contributed by atoms with Gasteiger partial charge in [-0.25, -0.2) is 4.98 Å². The monoisotopic (exact) mass is 172 g/mol. The fourth-order valence-corrected chi connectivity index (χ4v) is 1.45. The minimum atomic E-state index is 1.16. The molecule has 1 aromatic heterocycles. The van der Waals surface area contributed by atoms with E-state index in [4.69, 9.17) is 0 Å². The van der Waals surface area contributed by atoms with Gasteiger partial charge in [0, 0.05) is 17.6 Å². The zero-order valence-electron chi connectivity index (χ0n) is 7.86. The zero-order valence-corrected chi connectivity index (χ0v) is 7.86. The molecule has 0 saturated heterocycles. The van der Waals surface area contributed by atoms with Gasteiger partial charge in [0.1, 0.15) is 0 Å². The summed E-state index contributed by atoms with van der Waals surface area (Å²) in [6.45, 7) is 4.16. The van der Waals surface area contributed by atoms with E-state index < -0.39 is 0 Å². The highest BCUT2D eigenvalue weighted by Gasteiger charge is 2.01. The van der Waals surface area contributed by atoms with Crippen LogP contribution in [0.25, 0.3) is 5.69 Å². The van der Waals surface area contributed by atoms with Crippen LogP contribution in [0.2, 0.25) is 0 Å². The topological polar surface area (TPSA) is 17.8 Å². The Bertz CT molecular complexity index is 416. The lowest BCUT2D eigenvalue weighted by Crippen LogP contribution is -1.96. The van der Waals surface area contributed by atoms with Gasteiger partial charge in [-0.1, -0.05) is 18.2 Å². The molecule has 0 N–H and O–H groups in total. The van der Waals surface area contributed by atoms with Crippen LogP contribution in [0.4, 0.5) is 0 Å². The van der Waals surface area contributed by atoms with E-state index in [1.165, 1.54) is 11.3 Å². The molecule has 2 rings (SSSR count). The summed E-state index contributed by atoms with van der Waals surface area (Å²) >= 11 is 0. The average Bonchev–Trinajstić information content (AvgIpc) is 2.52. The van der Waals surface area contributed by atoms with Crippen LogP contribution >= 0.6 is 0 Å². The first-order valence-electron chi connectivity index (χ1n) is 4.34. The van der Waals surface area contributed by atoms with Crippen LogP contribution in [0.3, 0.4) is 0 Å². The summed E-state index contributed by atoms with van der Waals surface area (Å²) in [5, 5.41) is 0. The largest absolute Gasteiger partial charge is 0.303 e. The van der Waals surface area contributed by atoms with Gasteiger partial charge in [0.2, 0.25) is 0 Å². The second-order valence-corrected chi connectivity index (χ2v) is 3.19. The summed E-state index contributed by atoms with van der Waals surface area (Å²) < 4.78 is 2.09. The number of hydrogen-bond donors (Lipinski definition) is 0. The molecule has 13 heavy (non-hydrogen) atoms. The number of aromatic nitrogens is 2. The summed E-state index contributed by atoms with van der Waals surface area (Å²) in [4.78, 5) is 4.10. The van der Waals surface area contributed by atoms with Crippen LogP contribution in [-0.4, -0.2) is 9.55 Å². The molecule has 0 amide bonds. The van der Waals surface area contributed by atoms with Crippen molar-refractivity contribution >= 4 is 0 Å². The molecule has 2 aromatic rings. The molecular formula is C11H12N2. The third-order valence-corrected chi connectivity index (χ3v) is 2.20. The number of rotatable bonds is 1. The van der Waals surface area contributed by atoms with Crippen molar-refractivity contribution in [1.29, 1.82) is 0 Å². The first-order chi connectivity index (χ1) is 6.29. The van der Waals surface area contributed by atoms with E-state index in [2.05, 4.69) is 35.5 Å². The van der Waals surface area contributed by atoms with E-state index in [0.717, 1.165) is 5.69 Å². The molecule has 2 nitrogen and oxygen atoms in total. The number of imidazole rings is 1. The highest BCUT2D eigenvalue weighted by molar-refractivity contribution is 5.40. The number of hydrogen-bond acceptors (Lipinski definition) is 1. The highest BCUT2D eigenvalue weighted by atomic mass is 15.0. The third kappa shape index (κ3) is 1.35. The molecule has 0 aliphatic rings. The van der Waals surface area contributed by atoms with Gasteiger partial charge in [-0.05, 0) is 25.5 Å². The van der Waals surface area contributed by atoms with Crippen molar-refractivity contribution in [3.8, 4) is 5.69 Å². The smallest absolute Gasteiger partial charge is 0.0994 e. The molecule has 0 radical (unpaired) electrons. The second kappa shape index (κ2) is 3.05. The Morgan fingerprint density at radius 1 is 1.15 bits per heavy atom. The minimum absolute atomic E-state index is 1.16.